The number of carbonyl (C=O) groups is 1. The van der Waals surface area contributed by atoms with Gasteiger partial charge in [0.1, 0.15) is 0 Å². The largest absolute Gasteiger partial charge is 0.493 e. The molecule has 1 N–H and O–H groups in total. The minimum absolute atomic E-state index is 0.0531. The standard InChI is InChI=1S/C14H16N2O2S/c1-10-3-5-12(18-2)14(15-10)16-13(17)6-4-11-7-8-19-9-11/h3,5,7-9H,4,6H2,1-2H3,(H,15,16,17). The van der Waals surface area contributed by atoms with Crippen molar-refractivity contribution in [3.05, 3.63) is 40.2 Å². The summed E-state index contributed by atoms with van der Waals surface area (Å²) < 4.78 is 5.18. The number of nitrogens with zero attached hydrogens (tertiary/aromatic N) is 1. The molecule has 4 nitrogen and oxygen atoms in total. The van der Waals surface area contributed by atoms with Crippen LogP contribution in [-0.4, -0.2) is 18.0 Å². The monoisotopic (exact) mass is 276 g/mol. The molecular formula is C14H16N2O2S. The maximum atomic E-state index is 11.9. The molecule has 0 unspecified atom stereocenters. The van der Waals surface area contributed by atoms with E-state index in [0.29, 0.717) is 18.0 Å². The highest BCUT2D eigenvalue weighted by Crippen LogP contribution is 2.22. The second-order valence-corrected chi connectivity index (χ2v) is 4.96. The van der Waals surface area contributed by atoms with Gasteiger partial charge in [0.25, 0.3) is 0 Å². The van der Waals surface area contributed by atoms with Crippen molar-refractivity contribution >= 4 is 23.1 Å². The molecule has 2 heterocycles. The molecule has 0 aromatic carbocycles. The average molecular weight is 276 g/mol. The minimum Gasteiger partial charge on any atom is -0.493 e. The van der Waals surface area contributed by atoms with Crippen LogP contribution in [0.25, 0.3) is 0 Å². The van der Waals surface area contributed by atoms with Gasteiger partial charge in [0.2, 0.25) is 5.91 Å². The number of hydrogen-bond acceptors (Lipinski definition) is 4. The number of anilines is 1. The molecule has 2 aromatic heterocycles. The van der Waals surface area contributed by atoms with E-state index < -0.39 is 0 Å². The van der Waals surface area contributed by atoms with Crippen LogP contribution < -0.4 is 10.1 Å². The summed E-state index contributed by atoms with van der Waals surface area (Å²) in [5.41, 5.74) is 2.03. The lowest BCUT2D eigenvalue weighted by molar-refractivity contribution is -0.116. The van der Waals surface area contributed by atoms with E-state index in [2.05, 4.69) is 15.7 Å². The Morgan fingerprint density at radius 1 is 1.42 bits per heavy atom. The number of aromatic nitrogens is 1. The molecule has 0 fully saturated rings. The van der Waals surface area contributed by atoms with Gasteiger partial charge in [-0.25, -0.2) is 4.98 Å². The topological polar surface area (TPSA) is 51.2 Å². The molecule has 5 heteroatoms. The fourth-order valence-electron chi connectivity index (χ4n) is 1.69. The van der Waals surface area contributed by atoms with Gasteiger partial charge >= 0.3 is 0 Å². The van der Waals surface area contributed by atoms with E-state index in [9.17, 15) is 4.79 Å². The predicted octanol–water partition coefficient (Wildman–Crippen LogP) is 3.03. The van der Waals surface area contributed by atoms with Crippen LogP contribution in [0.3, 0.4) is 0 Å². The SMILES string of the molecule is COc1ccc(C)nc1NC(=O)CCc1ccsc1. The lowest BCUT2D eigenvalue weighted by atomic mass is 10.2. The van der Waals surface area contributed by atoms with Gasteiger partial charge in [0, 0.05) is 12.1 Å². The van der Waals surface area contributed by atoms with E-state index in [4.69, 9.17) is 4.74 Å². The van der Waals surface area contributed by atoms with E-state index in [1.54, 1.807) is 24.5 Å². The van der Waals surface area contributed by atoms with E-state index in [1.165, 1.54) is 5.56 Å². The van der Waals surface area contributed by atoms with Crippen LogP contribution in [0.15, 0.2) is 29.0 Å². The Labute approximate surface area is 116 Å². The lowest BCUT2D eigenvalue weighted by Gasteiger charge is -2.09. The van der Waals surface area contributed by atoms with Crippen LogP contribution in [-0.2, 0) is 11.2 Å². The van der Waals surface area contributed by atoms with E-state index in [1.807, 2.05) is 24.4 Å². The fraction of sp³-hybridized carbons (Fsp3) is 0.286. The molecule has 0 saturated heterocycles. The number of amides is 1. The number of carbonyl (C=O) groups excluding carboxylic acids is 1. The molecule has 100 valence electrons. The molecule has 0 aliphatic carbocycles. The van der Waals surface area contributed by atoms with Crippen molar-refractivity contribution in [1.82, 2.24) is 4.98 Å². The van der Waals surface area contributed by atoms with Crippen molar-refractivity contribution in [2.24, 2.45) is 0 Å². The van der Waals surface area contributed by atoms with Gasteiger partial charge in [-0.1, -0.05) is 0 Å². The number of thiophene rings is 1. The van der Waals surface area contributed by atoms with Gasteiger partial charge in [0.05, 0.1) is 7.11 Å². The summed E-state index contributed by atoms with van der Waals surface area (Å²) in [6.45, 7) is 1.88. The molecule has 19 heavy (non-hydrogen) atoms. The molecule has 0 bridgehead atoms. The Bertz CT molecular complexity index is 553. The highest BCUT2D eigenvalue weighted by Gasteiger charge is 2.09. The Balaban J connectivity index is 1.96. The van der Waals surface area contributed by atoms with Gasteiger partial charge in [-0.05, 0) is 47.9 Å². The molecule has 0 atom stereocenters. The number of nitrogens with one attached hydrogen (secondary N) is 1. The van der Waals surface area contributed by atoms with Crippen molar-refractivity contribution in [2.45, 2.75) is 19.8 Å². The molecule has 0 saturated carbocycles. The third-order valence-electron chi connectivity index (χ3n) is 2.70. The minimum atomic E-state index is -0.0531. The highest BCUT2D eigenvalue weighted by molar-refractivity contribution is 7.07. The predicted molar refractivity (Wildman–Crippen MR) is 76.8 cm³/mol. The van der Waals surface area contributed by atoms with Crippen LogP contribution in [0.1, 0.15) is 17.7 Å². The van der Waals surface area contributed by atoms with Gasteiger partial charge in [-0.3, -0.25) is 4.79 Å². The van der Waals surface area contributed by atoms with Crippen molar-refractivity contribution < 1.29 is 9.53 Å². The zero-order chi connectivity index (χ0) is 13.7. The van der Waals surface area contributed by atoms with Crippen LogP contribution >= 0.6 is 11.3 Å². The summed E-state index contributed by atoms with van der Waals surface area (Å²) in [6, 6.07) is 5.68. The Morgan fingerprint density at radius 3 is 2.95 bits per heavy atom. The summed E-state index contributed by atoms with van der Waals surface area (Å²) in [5.74, 6) is 1.01. The van der Waals surface area contributed by atoms with E-state index in [0.717, 1.165) is 12.1 Å². The first kappa shape index (κ1) is 13.5. The third kappa shape index (κ3) is 3.79. The van der Waals surface area contributed by atoms with E-state index in [-0.39, 0.29) is 5.91 Å². The Morgan fingerprint density at radius 2 is 2.26 bits per heavy atom. The number of pyridine rings is 1. The van der Waals surface area contributed by atoms with Gasteiger partial charge < -0.3 is 10.1 Å². The van der Waals surface area contributed by atoms with Crippen LogP contribution in [0.2, 0.25) is 0 Å². The van der Waals surface area contributed by atoms with Gasteiger partial charge in [-0.15, -0.1) is 0 Å². The number of rotatable bonds is 5. The number of hydrogen-bond donors (Lipinski definition) is 1. The fourth-order valence-corrected chi connectivity index (χ4v) is 2.39. The number of methoxy groups -OCH3 is 1. The first-order valence-electron chi connectivity index (χ1n) is 6.01. The Hall–Kier alpha value is -1.88. The molecule has 0 aliphatic rings. The molecule has 0 aliphatic heterocycles. The molecular weight excluding hydrogens is 260 g/mol. The third-order valence-corrected chi connectivity index (χ3v) is 3.43. The Kier molecular flexibility index (Phi) is 4.52. The summed E-state index contributed by atoms with van der Waals surface area (Å²) in [7, 11) is 1.56. The molecule has 0 spiro atoms. The zero-order valence-corrected chi connectivity index (χ0v) is 11.8. The summed E-state index contributed by atoms with van der Waals surface area (Å²) >= 11 is 1.64. The van der Waals surface area contributed by atoms with Crippen molar-refractivity contribution in [3.8, 4) is 5.75 Å². The van der Waals surface area contributed by atoms with Crippen LogP contribution in [0.4, 0.5) is 5.82 Å². The van der Waals surface area contributed by atoms with Gasteiger partial charge in [0.15, 0.2) is 11.6 Å². The highest BCUT2D eigenvalue weighted by atomic mass is 32.1. The summed E-state index contributed by atoms with van der Waals surface area (Å²) in [6.07, 6.45) is 1.18. The normalized spacial score (nSPS) is 10.2. The zero-order valence-electron chi connectivity index (χ0n) is 11.0. The number of ether oxygens (including phenoxy) is 1. The second-order valence-electron chi connectivity index (χ2n) is 4.18. The lowest BCUT2D eigenvalue weighted by Crippen LogP contribution is -2.14. The first-order valence-corrected chi connectivity index (χ1v) is 6.96. The molecule has 2 rings (SSSR count). The average Bonchev–Trinajstić information content (AvgIpc) is 2.90. The first-order chi connectivity index (χ1) is 9.19. The maximum absolute atomic E-state index is 11.9. The second kappa shape index (κ2) is 6.33. The molecule has 2 aromatic rings. The molecule has 0 radical (unpaired) electrons. The van der Waals surface area contributed by atoms with Gasteiger partial charge in [-0.2, -0.15) is 11.3 Å². The number of aryl methyl sites for hydroxylation is 2. The summed E-state index contributed by atoms with van der Waals surface area (Å²) in [5, 5.41) is 6.86. The van der Waals surface area contributed by atoms with Crippen molar-refractivity contribution in [3.63, 3.8) is 0 Å². The van der Waals surface area contributed by atoms with Crippen molar-refractivity contribution in [2.75, 3.05) is 12.4 Å². The summed E-state index contributed by atoms with van der Waals surface area (Å²) in [4.78, 5) is 16.2. The van der Waals surface area contributed by atoms with Crippen molar-refractivity contribution in [1.29, 1.82) is 0 Å². The quantitative estimate of drug-likeness (QED) is 0.913. The van der Waals surface area contributed by atoms with Crippen LogP contribution in [0, 0.1) is 6.92 Å². The van der Waals surface area contributed by atoms with Crippen LogP contribution in [0.5, 0.6) is 5.75 Å². The maximum Gasteiger partial charge on any atom is 0.225 e. The molecule has 1 amide bonds. The van der Waals surface area contributed by atoms with E-state index >= 15 is 0 Å². The smallest absolute Gasteiger partial charge is 0.225 e.